The quantitative estimate of drug-likeness (QED) is 0.207. The Bertz CT molecular complexity index is 209. The minimum absolute atomic E-state index is 0.502. The number of carbonyl (C=O) groups excluding carboxylic acids is 1. The first-order valence-electron chi connectivity index (χ1n) is 5.07. The number of nitrogens with zero attached hydrogens (tertiary/aromatic N) is 1. The molecule has 0 rings (SSSR count). The minimum Gasteiger partial charge on any atom is -0.314 e. The van der Waals surface area contributed by atoms with E-state index in [1.165, 1.54) is 19.3 Å². The summed E-state index contributed by atoms with van der Waals surface area (Å²) in [6.45, 7) is 7.32. The minimum atomic E-state index is -0.502. The van der Waals surface area contributed by atoms with E-state index in [0.717, 1.165) is 24.6 Å². The standard InChI is InChI=1S/C11H19NO2/c1-4-6-7-8-9-10(3)12-14-11(13)5-2/h5H,2,4,6-9H2,1,3H3/b12-10+. The molecule has 0 aromatic rings. The van der Waals surface area contributed by atoms with Crippen molar-refractivity contribution in [2.75, 3.05) is 0 Å². The van der Waals surface area contributed by atoms with E-state index in [1.807, 2.05) is 6.92 Å². The molecule has 0 aromatic carbocycles. The Hall–Kier alpha value is -1.12. The SMILES string of the molecule is C=CC(=O)O/N=C(\C)CCCCCC. The summed E-state index contributed by atoms with van der Waals surface area (Å²) < 4.78 is 0. The van der Waals surface area contributed by atoms with Gasteiger partial charge < -0.3 is 4.84 Å². The summed E-state index contributed by atoms with van der Waals surface area (Å²) in [5.74, 6) is -0.502. The Kier molecular flexibility index (Phi) is 7.80. The maximum absolute atomic E-state index is 10.6. The Morgan fingerprint density at radius 2 is 2.14 bits per heavy atom. The van der Waals surface area contributed by atoms with Crippen molar-refractivity contribution in [1.82, 2.24) is 0 Å². The summed E-state index contributed by atoms with van der Waals surface area (Å²) in [6, 6.07) is 0. The zero-order valence-electron chi connectivity index (χ0n) is 9.08. The van der Waals surface area contributed by atoms with E-state index in [9.17, 15) is 4.79 Å². The van der Waals surface area contributed by atoms with Crippen molar-refractivity contribution < 1.29 is 9.63 Å². The van der Waals surface area contributed by atoms with Crippen LogP contribution in [0.15, 0.2) is 17.8 Å². The van der Waals surface area contributed by atoms with Crippen LogP contribution in [0.2, 0.25) is 0 Å². The van der Waals surface area contributed by atoms with Gasteiger partial charge in [-0.1, -0.05) is 37.9 Å². The molecule has 0 saturated heterocycles. The Morgan fingerprint density at radius 1 is 1.43 bits per heavy atom. The summed E-state index contributed by atoms with van der Waals surface area (Å²) in [6.07, 6.45) is 6.78. The van der Waals surface area contributed by atoms with Gasteiger partial charge in [0.2, 0.25) is 0 Å². The van der Waals surface area contributed by atoms with E-state index < -0.39 is 5.97 Å². The van der Waals surface area contributed by atoms with E-state index in [0.29, 0.717) is 0 Å². The van der Waals surface area contributed by atoms with Crippen LogP contribution < -0.4 is 0 Å². The highest BCUT2D eigenvalue weighted by Crippen LogP contribution is 2.03. The number of oxime groups is 1. The van der Waals surface area contributed by atoms with Gasteiger partial charge in [-0.3, -0.25) is 0 Å². The van der Waals surface area contributed by atoms with Crippen LogP contribution in [0.4, 0.5) is 0 Å². The zero-order valence-corrected chi connectivity index (χ0v) is 9.08. The molecule has 0 fully saturated rings. The summed E-state index contributed by atoms with van der Waals surface area (Å²) in [4.78, 5) is 15.2. The molecule has 0 aromatic heterocycles. The molecule has 80 valence electrons. The number of carbonyl (C=O) groups is 1. The fourth-order valence-electron chi connectivity index (χ4n) is 1.01. The lowest BCUT2D eigenvalue weighted by Crippen LogP contribution is -1.98. The topological polar surface area (TPSA) is 38.7 Å². The predicted octanol–water partition coefficient (Wildman–Crippen LogP) is 3.06. The fourth-order valence-corrected chi connectivity index (χ4v) is 1.01. The van der Waals surface area contributed by atoms with Gasteiger partial charge in [-0.2, -0.15) is 0 Å². The molecule has 0 aliphatic carbocycles. The van der Waals surface area contributed by atoms with Gasteiger partial charge in [0.25, 0.3) is 0 Å². The van der Waals surface area contributed by atoms with Crippen LogP contribution in [0.25, 0.3) is 0 Å². The summed E-state index contributed by atoms with van der Waals surface area (Å²) >= 11 is 0. The van der Waals surface area contributed by atoms with Gasteiger partial charge in [0.15, 0.2) is 0 Å². The molecular weight excluding hydrogens is 178 g/mol. The van der Waals surface area contributed by atoms with E-state index >= 15 is 0 Å². The van der Waals surface area contributed by atoms with Crippen LogP contribution >= 0.6 is 0 Å². The average Bonchev–Trinajstić information content (AvgIpc) is 2.21. The van der Waals surface area contributed by atoms with E-state index in [4.69, 9.17) is 0 Å². The molecule has 3 nitrogen and oxygen atoms in total. The lowest BCUT2D eigenvalue weighted by Gasteiger charge is -1.99. The molecule has 0 aliphatic heterocycles. The summed E-state index contributed by atoms with van der Waals surface area (Å²) in [5, 5.41) is 3.69. The van der Waals surface area contributed by atoms with Crippen molar-refractivity contribution >= 4 is 11.7 Å². The van der Waals surface area contributed by atoms with Crippen molar-refractivity contribution in [2.24, 2.45) is 5.16 Å². The highest BCUT2D eigenvalue weighted by molar-refractivity contribution is 5.84. The monoisotopic (exact) mass is 197 g/mol. The van der Waals surface area contributed by atoms with Gasteiger partial charge in [0.1, 0.15) is 0 Å². The molecular formula is C11H19NO2. The fraction of sp³-hybridized carbons (Fsp3) is 0.636. The second-order valence-electron chi connectivity index (χ2n) is 3.25. The summed E-state index contributed by atoms with van der Waals surface area (Å²) in [7, 11) is 0. The first-order valence-corrected chi connectivity index (χ1v) is 5.07. The maximum atomic E-state index is 10.6. The summed E-state index contributed by atoms with van der Waals surface area (Å²) in [5.41, 5.74) is 0.858. The third-order valence-electron chi connectivity index (χ3n) is 1.85. The van der Waals surface area contributed by atoms with Crippen LogP contribution in [-0.2, 0) is 9.63 Å². The van der Waals surface area contributed by atoms with Crippen LogP contribution in [0.1, 0.15) is 46.0 Å². The van der Waals surface area contributed by atoms with Crippen molar-refractivity contribution in [1.29, 1.82) is 0 Å². The van der Waals surface area contributed by atoms with Gasteiger partial charge >= 0.3 is 5.97 Å². The van der Waals surface area contributed by atoms with Crippen molar-refractivity contribution in [3.8, 4) is 0 Å². The molecule has 0 N–H and O–H groups in total. The number of unbranched alkanes of at least 4 members (excludes halogenated alkanes) is 3. The Morgan fingerprint density at radius 3 is 2.71 bits per heavy atom. The smallest absolute Gasteiger partial charge is 0.314 e. The van der Waals surface area contributed by atoms with Crippen LogP contribution in [-0.4, -0.2) is 11.7 Å². The van der Waals surface area contributed by atoms with E-state index in [2.05, 4.69) is 23.5 Å². The Balaban J connectivity index is 3.56. The van der Waals surface area contributed by atoms with Gasteiger partial charge in [-0.15, -0.1) is 0 Å². The molecule has 0 heterocycles. The number of hydrogen-bond donors (Lipinski definition) is 0. The van der Waals surface area contributed by atoms with Crippen molar-refractivity contribution in [2.45, 2.75) is 46.0 Å². The van der Waals surface area contributed by atoms with Gasteiger partial charge in [0, 0.05) is 6.08 Å². The second kappa shape index (κ2) is 8.48. The van der Waals surface area contributed by atoms with Crippen molar-refractivity contribution in [3.05, 3.63) is 12.7 Å². The largest absolute Gasteiger partial charge is 0.357 e. The first-order chi connectivity index (χ1) is 6.70. The van der Waals surface area contributed by atoms with Gasteiger partial charge in [0.05, 0.1) is 5.71 Å². The highest BCUT2D eigenvalue weighted by Gasteiger charge is 1.96. The van der Waals surface area contributed by atoms with Gasteiger partial charge in [-0.05, 0) is 19.8 Å². The molecule has 0 aliphatic rings. The lowest BCUT2D eigenvalue weighted by atomic mass is 10.1. The number of hydrogen-bond acceptors (Lipinski definition) is 3. The lowest BCUT2D eigenvalue weighted by molar-refractivity contribution is -0.137. The molecule has 0 atom stereocenters. The molecule has 0 bridgehead atoms. The maximum Gasteiger partial charge on any atom is 0.357 e. The molecule has 3 heteroatoms. The molecule has 0 saturated carbocycles. The molecule has 0 unspecified atom stereocenters. The Labute approximate surface area is 85.8 Å². The zero-order chi connectivity index (χ0) is 10.8. The van der Waals surface area contributed by atoms with E-state index in [-0.39, 0.29) is 0 Å². The third-order valence-corrected chi connectivity index (χ3v) is 1.85. The number of rotatable bonds is 7. The third kappa shape index (κ3) is 7.53. The van der Waals surface area contributed by atoms with Crippen LogP contribution in [0.3, 0.4) is 0 Å². The normalized spacial score (nSPS) is 11.1. The van der Waals surface area contributed by atoms with Crippen LogP contribution in [0.5, 0.6) is 0 Å². The van der Waals surface area contributed by atoms with E-state index in [1.54, 1.807) is 0 Å². The molecule has 0 spiro atoms. The second-order valence-corrected chi connectivity index (χ2v) is 3.25. The van der Waals surface area contributed by atoms with Crippen molar-refractivity contribution in [3.63, 3.8) is 0 Å². The van der Waals surface area contributed by atoms with Crippen LogP contribution in [0, 0.1) is 0 Å². The average molecular weight is 197 g/mol. The highest BCUT2D eigenvalue weighted by atomic mass is 16.7. The molecule has 0 radical (unpaired) electrons. The molecule has 0 amide bonds. The first kappa shape index (κ1) is 12.9. The predicted molar refractivity (Wildman–Crippen MR) is 58.2 cm³/mol. The molecule has 14 heavy (non-hydrogen) atoms. The van der Waals surface area contributed by atoms with Gasteiger partial charge in [-0.25, -0.2) is 4.79 Å².